The summed E-state index contributed by atoms with van der Waals surface area (Å²) >= 11 is 6.60. The van der Waals surface area contributed by atoms with Crippen molar-refractivity contribution in [3.05, 3.63) is 112 Å². The third-order valence-electron chi connectivity index (χ3n) is 4.65. The number of ether oxygens (including phenoxy) is 1. The van der Waals surface area contributed by atoms with E-state index in [0.717, 1.165) is 10.0 Å². The minimum Gasteiger partial charge on any atom is -0.481 e. The number of rotatable bonds is 6. The minimum absolute atomic E-state index is 0.0415. The molecule has 9 nitrogen and oxygen atoms in total. The van der Waals surface area contributed by atoms with Gasteiger partial charge in [-0.05, 0) is 35.9 Å². The number of benzene rings is 3. The molecule has 11 heteroatoms. The van der Waals surface area contributed by atoms with Gasteiger partial charge in [0.1, 0.15) is 6.61 Å². The van der Waals surface area contributed by atoms with E-state index in [1.807, 2.05) is 24.3 Å². The van der Waals surface area contributed by atoms with Gasteiger partial charge in [-0.25, -0.2) is 4.79 Å². The molecule has 0 atom stereocenters. The maximum Gasteiger partial charge on any atom is 0.349 e. The molecule has 0 aliphatic heterocycles. The molecular formula is C22H14Br2N4O5. The van der Waals surface area contributed by atoms with Crippen LogP contribution in [0.2, 0.25) is 0 Å². The van der Waals surface area contributed by atoms with Crippen molar-refractivity contribution in [1.29, 1.82) is 0 Å². The van der Waals surface area contributed by atoms with Crippen LogP contribution in [-0.2, 0) is 6.61 Å². The highest BCUT2D eigenvalue weighted by atomic mass is 79.9. The molecule has 1 aromatic heterocycles. The number of halogens is 2. The number of nitrogens with zero attached hydrogens (tertiary/aromatic N) is 3. The summed E-state index contributed by atoms with van der Waals surface area (Å²) in [5.41, 5.74) is -0.254. The SMILES string of the molecule is O=c1[nH]c2ccccc2c(=O)n1N=Cc1cc(Br)cc([N+](=O)[O-])c1OCc1ccc(Br)cc1. The first-order chi connectivity index (χ1) is 15.8. The summed E-state index contributed by atoms with van der Waals surface area (Å²) in [6, 6.07) is 16.7. The molecular weight excluding hydrogens is 560 g/mol. The third kappa shape index (κ3) is 4.94. The van der Waals surface area contributed by atoms with Gasteiger partial charge in [0.2, 0.25) is 5.75 Å². The summed E-state index contributed by atoms with van der Waals surface area (Å²) in [5, 5.41) is 15.9. The van der Waals surface area contributed by atoms with Crippen molar-refractivity contribution in [2.24, 2.45) is 5.10 Å². The van der Waals surface area contributed by atoms with E-state index >= 15 is 0 Å². The number of hydrogen-bond donors (Lipinski definition) is 1. The van der Waals surface area contributed by atoms with Gasteiger partial charge in [-0.1, -0.05) is 56.1 Å². The molecule has 3 aromatic carbocycles. The molecule has 4 rings (SSSR count). The predicted molar refractivity (Wildman–Crippen MR) is 131 cm³/mol. The fourth-order valence-electron chi connectivity index (χ4n) is 3.10. The largest absolute Gasteiger partial charge is 0.481 e. The first-order valence-corrected chi connectivity index (χ1v) is 11.1. The highest BCUT2D eigenvalue weighted by molar-refractivity contribution is 9.10. The molecule has 0 aliphatic carbocycles. The molecule has 166 valence electrons. The van der Waals surface area contributed by atoms with Gasteiger partial charge in [-0.2, -0.15) is 5.10 Å². The van der Waals surface area contributed by atoms with Gasteiger partial charge in [0.15, 0.2) is 0 Å². The number of aromatic amines is 1. The van der Waals surface area contributed by atoms with E-state index < -0.39 is 16.2 Å². The Morgan fingerprint density at radius 3 is 2.52 bits per heavy atom. The molecule has 0 amide bonds. The molecule has 0 spiro atoms. The van der Waals surface area contributed by atoms with Gasteiger partial charge < -0.3 is 9.72 Å². The monoisotopic (exact) mass is 572 g/mol. The molecule has 0 radical (unpaired) electrons. The van der Waals surface area contributed by atoms with Gasteiger partial charge in [0, 0.05) is 20.6 Å². The van der Waals surface area contributed by atoms with Crippen LogP contribution in [0.15, 0.2) is 84.3 Å². The smallest absolute Gasteiger partial charge is 0.349 e. The maximum atomic E-state index is 12.7. The zero-order chi connectivity index (χ0) is 23.5. The Morgan fingerprint density at radius 1 is 1.06 bits per heavy atom. The van der Waals surface area contributed by atoms with Gasteiger partial charge in [-0.15, -0.1) is 4.68 Å². The number of hydrogen-bond acceptors (Lipinski definition) is 6. The normalized spacial score (nSPS) is 11.2. The number of aromatic nitrogens is 2. The molecule has 4 aromatic rings. The van der Waals surface area contributed by atoms with Gasteiger partial charge in [-0.3, -0.25) is 14.9 Å². The summed E-state index contributed by atoms with van der Waals surface area (Å²) < 4.78 is 7.74. The van der Waals surface area contributed by atoms with E-state index in [4.69, 9.17) is 4.74 Å². The number of para-hydroxylation sites is 1. The summed E-state index contributed by atoms with van der Waals surface area (Å²) in [5.74, 6) is -0.0415. The van der Waals surface area contributed by atoms with Crippen molar-refractivity contribution in [1.82, 2.24) is 9.66 Å². The first-order valence-electron chi connectivity index (χ1n) is 9.47. The van der Waals surface area contributed by atoms with Crippen molar-refractivity contribution >= 4 is 54.7 Å². The summed E-state index contributed by atoms with van der Waals surface area (Å²) in [7, 11) is 0. The number of H-pyrrole nitrogens is 1. The average Bonchev–Trinajstić information content (AvgIpc) is 2.79. The Bertz CT molecular complexity index is 1510. The van der Waals surface area contributed by atoms with Crippen LogP contribution >= 0.6 is 31.9 Å². The van der Waals surface area contributed by atoms with E-state index in [9.17, 15) is 19.7 Å². The van der Waals surface area contributed by atoms with E-state index in [2.05, 4.69) is 41.9 Å². The molecule has 0 saturated carbocycles. The van der Waals surface area contributed by atoms with E-state index in [1.165, 1.54) is 12.3 Å². The van der Waals surface area contributed by atoms with Crippen molar-refractivity contribution in [3.63, 3.8) is 0 Å². The number of nitro benzene ring substituents is 1. The highest BCUT2D eigenvalue weighted by Crippen LogP contribution is 2.34. The lowest BCUT2D eigenvalue weighted by Gasteiger charge is -2.11. The maximum absolute atomic E-state index is 12.7. The second-order valence-electron chi connectivity index (χ2n) is 6.85. The summed E-state index contributed by atoms with van der Waals surface area (Å²) in [6.45, 7) is 0.0626. The third-order valence-corrected chi connectivity index (χ3v) is 5.64. The number of nitro groups is 1. The van der Waals surface area contributed by atoms with Crippen LogP contribution in [0.4, 0.5) is 5.69 Å². The van der Waals surface area contributed by atoms with Crippen LogP contribution in [0.5, 0.6) is 5.75 Å². The standard InChI is InChI=1S/C22H14Br2N4O5/c23-15-7-5-13(6-8-15)12-33-20-14(9-16(24)10-19(20)28(31)32)11-25-27-21(29)17-3-1-2-4-18(17)26-22(27)30/h1-11H,12H2,(H,26,30). The van der Waals surface area contributed by atoms with Crippen molar-refractivity contribution in [3.8, 4) is 5.75 Å². The fourth-order valence-corrected chi connectivity index (χ4v) is 3.83. The molecule has 0 aliphatic rings. The number of fused-ring (bicyclic) bond motifs is 1. The predicted octanol–water partition coefficient (Wildman–Crippen LogP) is 4.58. The van der Waals surface area contributed by atoms with Crippen LogP contribution in [0.25, 0.3) is 10.9 Å². The minimum atomic E-state index is -0.739. The lowest BCUT2D eigenvalue weighted by molar-refractivity contribution is -0.386. The molecule has 0 unspecified atom stereocenters. The average molecular weight is 574 g/mol. The lowest BCUT2D eigenvalue weighted by atomic mass is 10.2. The van der Waals surface area contributed by atoms with Crippen LogP contribution in [0, 0.1) is 10.1 Å². The molecule has 33 heavy (non-hydrogen) atoms. The Morgan fingerprint density at radius 2 is 1.79 bits per heavy atom. The lowest BCUT2D eigenvalue weighted by Crippen LogP contribution is -2.32. The van der Waals surface area contributed by atoms with E-state index in [-0.39, 0.29) is 29.0 Å². The molecule has 0 fully saturated rings. The Balaban J connectivity index is 1.77. The van der Waals surface area contributed by atoms with Crippen LogP contribution < -0.4 is 16.0 Å². The second kappa shape index (κ2) is 9.51. The summed E-state index contributed by atoms with van der Waals surface area (Å²) in [6.07, 6.45) is 1.18. The van der Waals surface area contributed by atoms with Crippen LogP contribution in [0.3, 0.4) is 0 Å². The molecule has 1 N–H and O–H groups in total. The van der Waals surface area contributed by atoms with Gasteiger partial charge in [0.25, 0.3) is 5.56 Å². The van der Waals surface area contributed by atoms with Crippen molar-refractivity contribution in [2.45, 2.75) is 6.61 Å². The zero-order valence-corrected chi connectivity index (χ0v) is 19.9. The fraction of sp³-hybridized carbons (Fsp3) is 0.0455. The first kappa shape index (κ1) is 22.6. The molecule has 1 heterocycles. The van der Waals surface area contributed by atoms with Gasteiger partial charge in [0.05, 0.1) is 22.0 Å². The Labute approximate surface area is 202 Å². The zero-order valence-electron chi connectivity index (χ0n) is 16.7. The van der Waals surface area contributed by atoms with Crippen molar-refractivity contribution < 1.29 is 9.66 Å². The molecule has 0 bridgehead atoms. The topological polar surface area (TPSA) is 120 Å². The summed E-state index contributed by atoms with van der Waals surface area (Å²) in [4.78, 5) is 38.8. The highest BCUT2D eigenvalue weighted by Gasteiger charge is 2.21. The van der Waals surface area contributed by atoms with E-state index in [0.29, 0.717) is 14.7 Å². The van der Waals surface area contributed by atoms with Gasteiger partial charge >= 0.3 is 11.4 Å². The van der Waals surface area contributed by atoms with Crippen molar-refractivity contribution in [2.75, 3.05) is 0 Å². The van der Waals surface area contributed by atoms with Crippen LogP contribution in [0.1, 0.15) is 11.1 Å². The number of nitrogens with one attached hydrogen (secondary N) is 1. The van der Waals surface area contributed by atoms with Crippen LogP contribution in [-0.4, -0.2) is 20.8 Å². The second-order valence-corrected chi connectivity index (χ2v) is 8.68. The Hall–Kier alpha value is -3.57. The quantitative estimate of drug-likeness (QED) is 0.206. The molecule has 0 saturated heterocycles. The Kier molecular flexibility index (Phi) is 6.52. The van der Waals surface area contributed by atoms with E-state index in [1.54, 1.807) is 30.3 Å².